The molecule has 0 saturated heterocycles. The van der Waals surface area contributed by atoms with Crippen molar-refractivity contribution < 1.29 is 148 Å². The van der Waals surface area contributed by atoms with Gasteiger partial charge in [0.05, 0.1) is 20.3 Å². The van der Waals surface area contributed by atoms with Crippen molar-refractivity contribution >= 4 is 35.0 Å². The van der Waals surface area contributed by atoms with E-state index < -0.39 is 0 Å². The number of phenolic OH excluding ortho intramolecular Hbond substituents is 1. The fraction of sp³-hybridized carbons (Fsp3) is 0.348. The Labute approximate surface area is 301 Å². The van der Waals surface area contributed by atoms with E-state index in [0.29, 0.717) is 39.5 Å². The van der Waals surface area contributed by atoms with E-state index in [1.54, 1.807) is 25.3 Å². The van der Waals surface area contributed by atoms with Crippen LogP contribution in [0.3, 0.4) is 0 Å². The molecule has 0 saturated carbocycles. The third-order valence-corrected chi connectivity index (χ3v) is 3.07. The van der Waals surface area contributed by atoms with E-state index in [4.69, 9.17) is 29.4 Å². The van der Waals surface area contributed by atoms with Gasteiger partial charge in [-0.1, -0.05) is 29.8 Å². The summed E-state index contributed by atoms with van der Waals surface area (Å²) in [7, 11) is 2.99. The summed E-state index contributed by atoms with van der Waals surface area (Å²) in [5.41, 5.74) is 1.07. The number of rotatable bonds is 7. The number of halogens is 1. The Morgan fingerprint density at radius 2 is 1.26 bits per heavy atom. The van der Waals surface area contributed by atoms with Crippen LogP contribution >= 0.6 is 15.9 Å². The van der Waals surface area contributed by atoms with Gasteiger partial charge in [-0.15, -0.1) is 0 Å². The van der Waals surface area contributed by atoms with Crippen LogP contribution in [0.5, 0.6) is 23.0 Å². The number of ether oxygens (including phenoxy) is 3. The molecule has 2 aromatic carbocycles. The zero-order valence-corrected chi connectivity index (χ0v) is 29.3. The minimum atomic E-state index is -0.181. The Kier molecular flexibility index (Phi) is 32.8. The molecule has 186 valence electrons. The van der Waals surface area contributed by atoms with Gasteiger partial charge in [-0.3, -0.25) is 14.4 Å². The van der Waals surface area contributed by atoms with E-state index >= 15 is 0 Å². The zero-order chi connectivity index (χ0) is 25.8. The van der Waals surface area contributed by atoms with Crippen molar-refractivity contribution in [2.75, 3.05) is 14.2 Å². The Balaban J connectivity index is -0.000000131. The van der Waals surface area contributed by atoms with E-state index in [-0.39, 0.29) is 123 Å². The number of methoxy groups -OCH3 is 2. The first-order chi connectivity index (χ1) is 15.6. The van der Waals surface area contributed by atoms with Crippen LogP contribution in [0.4, 0.5) is 0 Å². The van der Waals surface area contributed by atoms with E-state index in [1.807, 2.05) is 13.8 Å². The summed E-state index contributed by atoms with van der Waals surface area (Å²) in [4.78, 5) is 32.7. The van der Waals surface area contributed by atoms with Crippen LogP contribution in [0.2, 0.25) is 0 Å². The molecule has 2 rings (SSSR count). The summed E-state index contributed by atoms with van der Waals surface area (Å²) < 4.78 is 15.4. The summed E-state index contributed by atoms with van der Waals surface area (Å²) >= 11 is 3.27. The molecule has 0 fully saturated rings. The van der Waals surface area contributed by atoms with Gasteiger partial charge in [0.25, 0.3) is 6.47 Å². The van der Waals surface area contributed by atoms with Crippen molar-refractivity contribution in [3.05, 3.63) is 47.5 Å². The van der Waals surface area contributed by atoms with E-state index in [9.17, 15) is 9.59 Å². The van der Waals surface area contributed by atoms with Crippen LogP contribution in [0.1, 0.15) is 49.8 Å². The molecule has 0 aliphatic carbocycles. The van der Waals surface area contributed by atoms with Crippen LogP contribution in [-0.4, -0.2) is 49.3 Å². The Morgan fingerprint density at radius 1 is 0.857 bits per heavy atom. The first kappa shape index (κ1) is 42.3. The van der Waals surface area contributed by atoms with Crippen LogP contribution in [0.15, 0.2) is 36.4 Å². The molecule has 0 amide bonds. The normalized spacial score (nSPS) is 8.51. The van der Waals surface area contributed by atoms with Crippen LogP contribution in [0, 0.1) is 0 Å². The van der Waals surface area contributed by atoms with Crippen molar-refractivity contribution in [1.29, 1.82) is 0 Å². The summed E-state index contributed by atoms with van der Waals surface area (Å²) in [6.07, 6.45) is 1.56. The predicted molar refractivity (Wildman–Crippen MR) is 127 cm³/mol. The SMILES string of the molecule is CC(C)Br.COc1cc(C=O)ccc1O.COc1cc(C=O)ccc1OC(C)C.O=CO[O-].[H-].[K+].[K+]. The summed E-state index contributed by atoms with van der Waals surface area (Å²) in [5, 5.41) is 17.5. The molecule has 9 nitrogen and oxygen atoms in total. The molecule has 1 N–H and O–H groups in total. The molecule has 0 heterocycles. The van der Waals surface area contributed by atoms with Crippen LogP contribution < -0.4 is 122 Å². The number of alkyl halides is 1. The molecule has 0 aromatic heterocycles. The molecule has 0 unspecified atom stereocenters. The number of aldehydes is 2. The predicted octanol–water partition coefficient (Wildman–Crippen LogP) is -2.15. The van der Waals surface area contributed by atoms with Gasteiger partial charge in [-0.2, -0.15) is 0 Å². The molecule has 12 heteroatoms. The third kappa shape index (κ3) is 23.0. The van der Waals surface area contributed by atoms with E-state index in [2.05, 4.69) is 34.7 Å². The number of aromatic hydroxyl groups is 1. The second kappa shape index (κ2) is 27.2. The molecule has 0 bridgehead atoms. The van der Waals surface area contributed by atoms with Crippen LogP contribution in [-0.2, 0) is 9.68 Å². The molecular weight excluding hydrogens is 578 g/mol. The second-order valence-electron chi connectivity index (χ2n) is 6.45. The molecule has 0 atom stereocenters. The summed E-state index contributed by atoms with van der Waals surface area (Å²) in [5.74, 6) is 1.60. The van der Waals surface area contributed by atoms with Crippen molar-refractivity contribution in [3.63, 3.8) is 0 Å². The van der Waals surface area contributed by atoms with Gasteiger partial charge >= 0.3 is 103 Å². The molecule has 0 aliphatic heterocycles. The molecule has 0 radical (unpaired) electrons. The quantitative estimate of drug-likeness (QED) is 0.123. The maximum absolute atomic E-state index is 10.5. The standard InChI is InChI=1S/C11H14O3.C8H8O3.C3H7Br.CH2O3.2K.H/c1-8(2)14-10-5-4-9(7-12)6-11(10)13-3;1-11-8-4-6(5-9)2-3-7(8)10;1-3(2)4;2-1-4-3;;;/h4-8H,1-3H3;2-5,10H,1H3;3H,1-2H3;1,3H;;;/q;;;;2*+1;-1/p-1. The molecule has 0 spiro atoms. The zero-order valence-electron chi connectivity index (χ0n) is 22.4. The number of carbonyl (C=O) groups is 3. The Hall–Kier alpha value is 0.163. The third-order valence-electron chi connectivity index (χ3n) is 3.07. The monoisotopic (exact) mass is 608 g/mol. The van der Waals surface area contributed by atoms with Gasteiger partial charge in [0.1, 0.15) is 12.6 Å². The minimum Gasteiger partial charge on any atom is -1.00 e. The van der Waals surface area contributed by atoms with Gasteiger partial charge in [-0.05, 0) is 50.2 Å². The van der Waals surface area contributed by atoms with Crippen LogP contribution in [0.25, 0.3) is 0 Å². The average Bonchev–Trinajstić information content (AvgIpc) is 2.79. The molecule has 0 aliphatic rings. The maximum Gasteiger partial charge on any atom is 1.00 e. The Morgan fingerprint density at radius 3 is 1.60 bits per heavy atom. The van der Waals surface area contributed by atoms with Crippen molar-refractivity contribution in [2.24, 2.45) is 0 Å². The van der Waals surface area contributed by atoms with Gasteiger partial charge < -0.3 is 30.9 Å². The second-order valence-corrected chi connectivity index (χ2v) is 8.28. The van der Waals surface area contributed by atoms with Crippen molar-refractivity contribution in [1.82, 2.24) is 0 Å². The minimum absolute atomic E-state index is 0. The number of phenols is 1. The van der Waals surface area contributed by atoms with Crippen molar-refractivity contribution in [2.45, 2.75) is 38.6 Å². The van der Waals surface area contributed by atoms with Gasteiger partial charge in [0.2, 0.25) is 0 Å². The topological polar surface area (TPSA) is 131 Å². The van der Waals surface area contributed by atoms with Gasteiger partial charge in [0, 0.05) is 16.0 Å². The van der Waals surface area contributed by atoms with Gasteiger partial charge in [0.15, 0.2) is 23.0 Å². The summed E-state index contributed by atoms with van der Waals surface area (Å²) in [6.45, 7) is 7.86. The smallest absolute Gasteiger partial charge is 1.00 e. The largest absolute Gasteiger partial charge is 1.00 e. The molecular formula is C23H31BrK2O9. The molecule has 2 aromatic rings. The number of hydrogen-bond acceptors (Lipinski definition) is 9. The van der Waals surface area contributed by atoms with Gasteiger partial charge in [-0.25, -0.2) is 0 Å². The Bertz CT molecular complexity index is 838. The number of hydrogen-bond donors (Lipinski definition) is 1. The van der Waals surface area contributed by atoms with E-state index in [0.717, 1.165) is 6.29 Å². The number of benzene rings is 2. The maximum atomic E-state index is 10.5. The van der Waals surface area contributed by atoms with Crippen molar-refractivity contribution in [3.8, 4) is 23.0 Å². The summed E-state index contributed by atoms with van der Waals surface area (Å²) in [6, 6.07) is 9.51. The number of carbonyl (C=O) groups excluding carboxylic acids is 3. The first-order valence-electron chi connectivity index (χ1n) is 9.58. The fourth-order valence-corrected chi connectivity index (χ4v) is 1.88. The molecule has 35 heavy (non-hydrogen) atoms. The van der Waals surface area contributed by atoms with E-state index in [1.165, 1.54) is 25.3 Å². The first-order valence-corrected chi connectivity index (χ1v) is 10.5. The average molecular weight is 610 g/mol. The fourth-order valence-electron chi connectivity index (χ4n) is 1.88.